The Morgan fingerprint density at radius 2 is 1.62 bits per heavy atom. The number of pyridine rings is 1. The van der Waals surface area contributed by atoms with Crippen LogP contribution in [-0.4, -0.2) is 27.0 Å². The lowest BCUT2D eigenvalue weighted by atomic mass is 10.0. The number of amides is 1. The number of nitrogens with one attached hydrogen (secondary N) is 5. The molecule has 37 heavy (non-hydrogen) atoms. The molecule has 3 aromatic carbocycles. The van der Waals surface area contributed by atoms with Crippen molar-refractivity contribution in [3.05, 3.63) is 90.5 Å². The van der Waals surface area contributed by atoms with Gasteiger partial charge in [-0.3, -0.25) is 20.6 Å². The Hall–Kier alpha value is -5.42. The molecular weight excluding hydrogens is 470 g/mol. The van der Waals surface area contributed by atoms with Gasteiger partial charge in [0.05, 0.1) is 22.3 Å². The summed E-state index contributed by atoms with van der Waals surface area (Å²) in [4.78, 5) is 17.4. The predicted molar refractivity (Wildman–Crippen MR) is 140 cm³/mol. The van der Waals surface area contributed by atoms with Gasteiger partial charge in [0.2, 0.25) is 5.96 Å². The number of aromatic amines is 1. The van der Waals surface area contributed by atoms with Crippen molar-refractivity contribution in [2.24, 2.45) is 5.10 Å². The molecule has 0 bridgehead atoms. The van der Waals surface area contributed by atoms with Gasteiger partial charge in [-0.1, -0.05) is 30.3 Å². The number of ether oxygens (including phenoxy) is 1. The SMILES string of the molecule is Nc1n[nH]c2cc(-c3ccc(C(=O)NC4=NNNN4)cc3)nc(-c3ccc(Oc4ccccc4)cc3)c12. The van der Waals surface area contributed by atoms with Crippen LogP contribution in [0.2, 0.25) is 0 Å². The van der Waals surface area contributed by atoms with E-state index < -0.39 is 0 Å². The van der Waals surface area contributed by atoms with E-state index >= 15 is 0 Å². The van der Waals surface area contributed by atoms with Gasteiger partial charge in [-0.15, -0.1) is 10.6 Å². The lowest BCUT2D eigenvalue weighted by Crippen LogP contribution is -2.43. The van der Waals surface area contributed by atoms with Crippen LogP contribution < -0.4 is 32.3 Å². The van der Waals surface area contributed by atoms with Crippen molar-refractivity contribution in [3.8, 4) is 34.0 Å². The molecule has 0 fully saturated rings. The van der Waals surface area contributed by atoms with Gasteiger partial charge < -0.3 is 10.5 Å². The number of nitrogens with two attached hydrogens (primary N) is 1. The molecular formula is C26H21N9O2. The number of nitrogen functional groups attached to an aromatic ring is 1. The minimum atomic E-state index is -0.299. The number of guanidine groups is 1. The molecule has 11 heteroatoms. The first-order valence-electron chi connectivity index (χ1n) is 11.4. The van der Waals surface area contributed by atoms with Crippen LogP contribution in [0.1, 0.15) is 10.4 Å². The number of carbonyl (C=O) groups excluding carboxylic acids is 1. The first kappa shape index (κ1) is 22.1. The second kappa shape index (κ2) is 9.32. The maximum absolute atomic E-state index is 12.5. The number of rotatable bonds is 5. The number of benzene rings is 3. The van der Waals surface area contributed by atoms with Crippen LogP contribution in [0, 0.1) is 0 Å². The van der Waals surface area contributed by atoms with Crippen molar-refractivity contribution < 1.29 is 9.53 Å². The molecule has 0 atom stereocenters. The summed E-state index contributed by atoms with van der Waals surface area (Å²) in [7, 11) is 0. The predicted octanol–water partition coefficient (Wildman–Crippen LogP) is 3.28. The third-order valence-electron chi connectivity index (χ3n) is 5.76. The molecule has 2 aromatic heterocycles. The van der Waals surface area contributed by atoms with Gasteiger partial charge in [-0.2, -0.15) is 5.10 Å². The highest BCUT2D eigenvalue weighted by molar-refractivity contribution is 6.06. The molecule has 182 valence electrons. The average Bonchev–Trinajstić information content (AvgIpc) is 3.59. The average molecular weight is 492 g/mol. The Kier molecular flexibility index (Phi) is 5.56. The molecule has 0 aliphatic carbocycles. The molecule has 1 aliphatic rings. The van der Waals surface area contributed by atoms with E-state index in [2.05, 4.69) is 37.1 Å². The quantitative estimate of drug-likeness (QED) is 0.219. The summed E-state index contributed by atoms with van der Waals surface area (Å²) in [5.74, 6) is 1.82. The Morgan fingerprint density at radius 3 is 2.35 bits per heavy atom. The van der Waals surface area contributed by atoms with Crippen molar-refractivity contribution in [1.29, 1.82) is 0 Å². The van der Waals surface area contributed by atoms with Crippen LogP contribution in [0.3, 0.4) is 0 Å². The summed E-state index contributed by atoms with van der Waals surface area (Å²) in [6, 6.07) is 26.3. The topological polar surface area (TPSA) is 154 Å². The molecule has 3 heterocycles. The fraction of sp³-hybridized carbons (Fsp3) is 0. The van der Waals surface area contributed by atoms with Crippen LogP contribution in [0.5, 0.6) is 11.5 Å². The van der Waals surface area contributed by atoms with E-state index in [-0.39, 0.29) is 11.9 Å². The normalized spacial score (nSPS) is 12.5. The first-order chi connectivity index (χ1) is 18.1. The summed E-state index contributed by atoms with van der Waals surface area (Å²) in [5, 5.41) is 14.4. The smallest absolute Gasteiger partial charge is 0.258 e. The second-order valence-electron chi connectivity index (χ2n) is 8.18. The number of hydrazine groups is 2. The van der Waals surface area contributed by atoms with Crippen molar-refractivity contribution in [2.75, 3.05) is 5.73 Å². The van der Waals surface area contributed by atoms with Gasteiger partial charge in [-0.05, 0) is 54.6 Å². The van der Waals surface area contributed by atoms with Gasteiger partial charge in [0.1, 0.15) is 11.5 Å². The molecule has 5 aromatic rings. The van der Waals surface area contributed by atoms with E-state index in [1.807, 2.05) is 72.8 Å². The van der Waals surface area contributed by atoms with Gasteiger partial charge in [-0.25, -0.2) is 10.5 Å². The fourth-order valence-corrected chi connectivity index (χ4v) is 3.96. The number of aromatic nitrogens is 3. The highest BCUT2D eigenvalue weighted by atomic mass is 16.5. The highest BCUT2D eigenvalue weighted by Gasteiger charge is 2.16. The molecule has 1 amide bonds. The lowest BCUT2D eigenvalue weighted by molar-refractivity contribution is 0.0976. The van der Waals surface area contributed by atoms with Gasteiger partial charge in [0.15, 0.2) is 5.82 Å². The van der Waals surface area contributed by atoms with E-state index in [0.717, 1.165) is 27.8 Å². The molecule has 0 saturated carbocycles. The monoisotopic (exact) mass is 491 g/mol. The molecule has 7 N–H and O–H groups in total. The number of hydrogen-bond donors (Lipinski definition) is 6. The zero-order valence-corrected chi connectivity index (χ0v) is 19.3. The van der Waals surface area contributed by atoms with Crippen molar-refractivity contribution in [3.63, 3.8) is 0 Å². The number of anilines is 1. The second-order valence-corrected chi connectivity index (χ2v) is 8.18. The minimum Gasteiger partial charge on any atom is -0.457 e. The van der Waals surface area contributed by atoms with E-state index in [1.165, 1.54) is 0 Å². The molecule has 0 spiro atoms. The first-order valence-corrected chi connectivity index (χ1v) is 11.4. The summed E-state index contributed by atoms with van der Waals surface area (Å²) < 4.78 is 5.92. The summed E-state index contributed by atoms with van der Waals surface area (Å²) >= 11 is 0. The van der Waals surface area contributed by atoms with Crippen LogP contribution in [0.4, 0.5) is 5.82 Å². The standard InChI is InChI=1S/C26H21N9O2/c27-24-22-21(30-31-24)14-20(15-6-8-17(9-7-15)25(36)29-26-32-34-35-33-26)28-23(22)16-10-12-19(13-11-16)37-18-4-2-1-3-5-18/h1-14,34-35H,(H3,27,30,31)(H2,29,32,33,36). The fourth-order valence-electron chi connectivity index (χ4n) is 3.96. The number of H-pyrrole nitrogens is 1. The van der Waals surface area contributed by atoms with Crippen LogP contribution in [0.15, 0.2) is 90.0 Å². The maximum atomic E-state index is 12.5. The number of carbonyl (C=O) groups is 1. The highest BCUT2D eigenvalue weighted by Crippen LogP contribution is 2.34. The van der Waals surface area contributed by atoms with Gasteiger partial charge >= 0.3 is 0 Å². The van der Waals surface area contributed by atoms with Crippen molar-refractivity contribution in [2.45, 2.75) is 0 Å². The van der Waals surface area contributed by atoms with Crippen molar-refractivity contribution >= 4 is 28.6 Å². The van der Waals surface area contributed by atoms with E-state index in [9.17, 15) is 4.79 Å². The van der Waals surface area contributed by atoms with Crippen LogP contribution >= 0.6 is 0 Å². The lowest BCUT2D eigenvalue weighted by Gasteiger charge is -2.10. The zero-order chi connectivity index (χ0) is 25.2. The number of para-hydroxylation sites is 1. The Bertz CT molecular complexity index is 1610. The Balaban J connectivity index is 1.31. The Morgan fingerprint density at radius 1 is 0.892 bits per heavy atom. The number of hydrogen-bond acceptors (Lipinski definition) is 9. The van der Waals surface area contributed by atoms with Crippen molar-refractivity contribution in [1.82, 2.24) is 37.0 Å². The zero-order valence-electron chi connectivity index (χ0n) is 19.3. The van der Waals surface area contributed by atoms with Crippen LogP contribution in [0.25, 0.3) is 33.4 Å². The number of hydrazone groups is 1. The van der Waals surface area contributed by atoms with Gasteiger partial charge in [0.25, 0.3) is 5.91 Å². The summed E-state index contributed by atoms with van der Waals surface area (Å²) in [6.07, 6.45) is 0. The largest absolute Gasteiger partial charge is 0.457 e. The number of fused-ring (bicyclic) bond motifs is 1. The number of nitrogens with zero attached hydrogens (tertiary/aromatic N) is 3. The van der Waals surface area contributed by atoms with Crippen LogP contribution in [-0.2, 0) is 0 Å². The molecule has 0 unspecified atom stereocenters. The van der Waals surface area contributed by atoms with Gasteiger partial charge in [0, 0.05) is 16.7 Å². The molecule has 6 rings (SSSR count). The maximum Gasteiger partial charge on any atom is 0.258 e. The third kappa shape index (κ3) is 4.49. The van der Waals surface area contributed by atoms with E-state index in [4.69, 9.17) is 15.5 Å². The third-order valence-corrected chi connectivity index (χ3v) is 5.76. The Labute approximate surface area is 210 Å². The summed E-state index contributed by atoms with van der Waals surface area (Å²) in [6.45, 7) is 0. The molecule has 0 radical (unpaired) electrons. The molecule has 1 aliphatic heterocycles. The minimum absolute atomic E-state index is 0.280. The molecule has 0 saturated heterocycles. The summed E-state index contributed by atoms with van der Waals surface area (Å²) in [5.41, 5.74) is 18.2. The van der Waals surface area contributed by atoms with E-state index in [1.54, 1.807) is 12.1 Å². The van der Waals surface area contributed by atoms with E-state index in [0.29, 0.717) is 28.5 Å². The molecule has 11 nitrogen and oxygen atoms in total.